The second-order valence-corrected chi connectivity index (χ2v) is 23.5. The molecule has 5 nitrogen and oxygen atoms in total. The quantitative estimate of drug-likeness (QED) is 0.172. The Hall–Kier alpha value is -7.89. The minimum atomic E-state index is -3.47. The van der Waals surface area contributed by atoms with E-state index in [9.17, 15) is 0 Å². The summed E-state index contributed by atoms with van der Waals surface area (Å²) in [5.41, 5.74) is 4.97. The van der Waals surface area contributed by atoms with Crippen molar-refractivity contribution in [1.82, 2.24) is 14.1 Å². The number of benzene rings is 8. The summed E-state index contributed by atoms with van der Waals surface area (Å²) in [5, 5.41) is 8.08. The minimum Gasteiger partial charge on any atom is -0.457 e. The van der Waals surface area contributed by atoms with Crippen molar-refractivity contribution >= 4 is 76.5 Å². The average molecular weight is 990 g/mol. The van der Waals surface area contributed by atoms with Gasteiger partial charge in [-0.15, -0.1) is 0 Å². The third-order valence-electron chi connectivity index (χ3n) is 15.2. The van der Waals surface area contributed by atoms with Gasteiger partial charge in [-0.3, -0.25) is 4.57 Å². The van der Waals surface area contributed by atoms with Crippen LogP contribution in [0.5, 0.6) is 11.5 Å². The first-order valence-corrected chi connectivity index (χ1v) is 26.0. The van der Waals surface area contributed by atoms with E-state index in [-0.39, 0.29) is 16.4 Å². The van der Waals surface area contributed by atoms with Gasteiger partial charge in [-0.1, -0.05) is 204 Å². The van der Waals surface area contributed by atoms with E-state index in [0.717, 1.165) is 87.9 Å². The zero-order valence-electron chi connectivity index (χ0n) is 53.2. The number of pyridine rings is 1. The minimum absolute atomic E-state index is 0.0838. The maximum absolute atomic E-state index is 8.87. The van der Waals surface area contributed by atoms with Gasteiger partial charge in [0, 0.05) is 63.5 Å². The monoisotopic (exact) mass is 990 g/mol. The van der Waals surface area contributed by atoms with E-state index in [1.54, 1.807) is 0 Å². The lowest BCUT2D eigenvalue weighted by molar-refractivity contribution is 0.483. The molecule has 8 aromatic carbocycles. The summed E-state index contributed by atoms with van der Waals surface area (Å²) in [4.78, 5) is 7.26. The van der Waals surface area contributed by atoms with Crippen molar-refractivity contribution in [2.24, 2.45) is 0 Å². The smallest absolute Gasteiger partial charge is 0.137 e. The summed E-state index contributed by atoms with van der Waals surface area (Å²) in [6, 6.07) is 59.4. The number of rotatable bonds is 5. The number of fused-ring (bicyclic) bond motifs is 10. The summed E-state index contributed by atoms with van der Waals surface area (Å²) in [6.45, 7) is 9.05. The van der Waals surface area contributed by atoms with Crippen molar-refractivity contribution in [3.05, 3.63) is 204 Å². The van der Waals surface area contributed by atoms with Crippen LogP contribution in [0, 0.1) is 0 Å². The molecule has 0 saturated carbocycles. The van der Waals surface area contributed by atoms with E-state index < -0.39 is 31.4 Å². The van der Waals surface area contributed by atoms with Crippen molar-refractivity contribution < 1.29 is 17.1 Å². The molecular formula is C70H68N4O. The predicted octanol–water partition coefficient (Wildman–Crippen LogP) is 19.5. The van der Waals surface area contributed by atoms with E-state index in [2.05, 4.69) is 171 Å². The summed E-state index contributed by atoms with van der Waals surface area (Å²) < 4.78 is 91.3. The van der Waals surface area contributed by atoms with E-state index in [1.165, 1.54) is 17.7 Å². The molecule has 75 heavy (non-hydrogen) atoms. The molecule has 5 heteroatoms. The van der Waals surface area contributed by atoms with Crippen LogP contribution >= 0.6 is 0 Å². The van der Waals surface area contributed by atoms with Gasteiger partial charge in [-0.25, -0.2) is 4.98 Å². The summed E-state index contributed by atoms with van der Waals surface area (Å²) in [7, 11) is 0. The maximum atomic E-state index is 8.87. The molecule has 0 radical (unpaired) electrons. The number of nitrogens with zero attached hydrogens (tertiary/aromatic N) is 4. The number of hydrogen-bond acceptors (Lipinski definition) is 3. The Morgan fingerprint density at radius 2 is 1.03 bits per heavy atom. The first-order valence-electron chi connectivity index (χ1n) is 30.5. The Labute approximate surface area is 455 Å². The number of para-hydroxylation sites is 2. The number of anilines is 2. The Kier molecular flexibility index (Phi) is 8.94. The molecule has 0 N–H and O–H groups in total. The molecule has 0 spiro atoms. The molecule has 0 unspecified atom stereocenters. The zero-order valence-corrected chi connectivity index (χ0v) is 44.2. The molecular weight excluding hydrogens is 913 g/mol. The first kappa shape index (κ1) is 38.7. The van der Waals surface area contributed by atoms with Gasteiger partial charge in [0.15, 0.2) is 0 Å². The highest BCUT2D eigenvalue weighted by atomic mass is 16.5. The first-order chi connectivity index (χ1) is 39.5. The fourth-order valence-corrected chi connectivity index (χ4v) is 11.4. The van der Waals surface area contributed by atoms with Crippen molar-refractivity contribution in [2.45, 2.75) is 111 Å². The number of aromatic nitrogens is 3. The van der Waals surface area contributed by atoms with Crippen LogP contribution in [0.1, 0.15) is 117 Å². The van der Waals surface area contributed by atoms with Gasteiger partial charge in [-0.2, -0.15) is 0 Å². The summed E-state index contributed by atoms with van der Waals surface area (Å²) in [6.07, 6.45) is 1.88. The SMILES string of the molecule is [2H]C([2H])([2H])C(c1cc(-c2cccc3c4ccccc4c4ccccc4c4ccc(C(C)(C)C)c5c4n(c23)CN5c2cccc(Oc3ccc4c5ccccc5n(-c5cc(C(C)(C)C)ccn5)c4c3)c2)cc(C(C)(C)C)c1)(C([2H])([2H])[2H])C([2H])([2H])[2H]. The second-order valence-electron chi connectivity index (χ2n) is 23.5. The average Bonchev–Trinajstić information content (AvgIpc) is 1.19. The highest BCUT2D eigenvalue weighted by Gasteiger charge is 2.32. The molecule has 0 aliphatic carbocycles. The third kappa shape index (κ3) is 8.28. The van der Waals surface area contributed by atoms with Crippen molar-refractivity contribution in [1.29, 1.82) is 0 Å². The molecule has 0 bridgehead atoms. The summed E-state index contributed by atoms with van der Waals surface area (Å²) >= 11 is 0. The molecule has 11 aromatic rings. The molecule has 1 aliphatic heterocycles. The standard InChI is InChI=1S/C70H68N4O/c1-67(2,3)45-35-36-71-63(40-45)74-61-30-18-17-27-56(61)57-32-31-50(42-62(57)74)75-49-22-19-21-48(41-49)72-43-73-64-51(44-37-46(68(4,5)6)39-47(38-44)69(7,8)9)28-20-29-58(64)54-25-15-13-23-52(54)53-24-14-16-26-55(53)59-33-34-60(70(10,11)12)66(72)65(59)73/h13-42H,43H2,1-12H3/i4D3,5D3,6D3. The van der Waals surface area contributed by atoms with Crippen LogP contribution in [-0.2, 0) is 28.3 Å². The molecule has 0 amide bonds. The van der Waals surface area contributed by atoms with Crippen LogP contribution in [0.15, 0.2) is 182 Å². The molecule has 3 aromatic heterocycles. The molecule has 0 fully saturated rings. The van der Waals surface area contributed by atoms with Gasteiger partial charge in [0.2, 0.25) is 0 Å². The van der Waals surface area contributed by atoms with Gasteiger partial charge >= 0.3 is 0 Å². The van der Waals surface area contributed by atoms with Crippen molar-refractivity contribution in [2.75, 3.05) is 4.90 Å². The lowest BCUT2D eigenvalue weighted by Crippen LogP contribution is -2.20. The van der Waals surface area contributed by atoms with Crippen LogP contribution in [-0.4, -0.2) is 14.1 Å². The fraction of sp³-hybridized carbons (Fsp3) is 0.243. The largest absolute Gasteiger partial charge is 0.457 e. The lowest BCUT2D eigenvalue weighted by Gasteiger charge is -2.28. The topological polar surface area (TPSA) is 35.2 Å². The normalized spacial score (nSPS) is 15.5. The van der Waals surface area contributed by atoms with Crippen LogP contribution < -0.4 is 9.64 Å². The number of ether oxygens (including phenoxy) is 1. The molecule has 0 saturated heterocycles. The third-order valence-corrected chi connectivity index (χ3v) is 15.2. The zero-order chi connectivity index (χ0) is 59.8. The maximum Gasteiger partial charge on any atom is 0.137 e. The number of hydrogen-bond donors (Lipinski definition) is 0. The van der Waals surface area contributed by atoms with Crippen LogP contribution in [0.3, 0.4) is 0 Å². The predicted molar refractivity (Wildman–Crippen MR) is 320 cm³/mol. The van der Waals surface area contributed by atoms with Gasteiger partial charge < -0.3 is 14.2 Å². The lowest BCUT2D eigenvalue weighted by atomic mass is 9.78. The fourth-order valence-electron chi connectivity index (χ4n) is 11.4. The van der Waals surface area contributed by atoms with Crippen molar-refractivity contribution in [3.8, 4) is 28.4 Å². The van der Waals surface area contributed by atoms with E-state index in [4.69, 9.17) is 22.1 Å². The van der Waals surface area contributed by atoms with Crippen LogP contribution in [0.2, 0.25) is 0 Å². The van der Waals surface area contributed by atoms with E-state index in [0.29, 0.717) is 34.9 Å². The van der Waals surface area contributed by atoms with Gasteiger partial charge in [0.25, 0.3) is 0 Å². The van der Waals surface area contributed by atoms with Gasteiger partial charge in [0.1, 0.15) is 24.0 Å². The molecule has 12 rings (SSSR count). The van der Waals surface area contributed by atoms with E-state index in [1.807, 2.05) is 75.5 Å². The Morgan fingerprint density at radius 1 is 0.453 bits per heavy atom. The highest BCUT2D eigenvalue weighted by molar-refractivity contribution is 6.22. The van der Waals surface area contributed by atoms with E-state index >= 15 is 0 Å². The second kappa shape index (κ2) is 17.3. The van der Waals surface area contributed by atoms with Gasteiger partial charge in [-0.05, 0) is 113 Å². The Balaban J connectivity index is 1.13. The highest BCUT2D eigenvalue weighted by Crippen LogP contribution is 2.50. The van der Waals surface area contributed by atoms with Crippen LogP contribution in [0.4, 0.5) is 11.4 Å². The van der Waals surface area contributed by atoms with Gasteiger partial charge in [0.05, 0.1) is 27.8 Å². The summed E-state index contributed by atoms with van der Waals surface area (Å²) in [5.74, 6) is 2.11. The van der Waals surface area contributed by atoms with Crippen LogP contribution in [0.25, 0.3) is 82.1 Å². The Morgan fingerprint density at radius 3 is 1.69 bits per heavy atom. The molecule has 374 valence electrons. The molecule has 0 atom stereocenters. The Bertz CT molecular complexity index is 4510. The molecule has 1 aliphatic rings. The van der Waals surface area contributed by atoms with Crippen molar-refractivity contribution in [3.63, 3.8) is 0 Å². The molecule has 4 heterocycles.